The number of carbonyl (C=O) groups is 4. The van der Waals surface area contributed by atoms with E-state index >= 15 is 0 Å². The molecule has 0 spiro atoms. The molecule has 0 atom stereocenters. The number of likely N-dealkylation sites (tertiary alicyclic amines) is 1. The fourth-order valence-electron chi connectivity index (χ4n) is 1.05. The number of Topliss-reactive ketones (excluding diaryl/α,β-unsaturated/α-hetero) is 2. The topological polar surface area (TPSA) is 71.5 Å². The van der Waals surface area contributed by atoms with Crippen LogP contribution in [0.3, 0.4) is 0 Å². The van der Waals surface area contributed by atoms with Crippen molar-refractivity contribution >= 4 is 23.4 Å². The summed E-state index contributed by atoms with van der Waals surface area (Å²) in [6.07, 6.45) is 0.286. The van der Waals surface area contributed by atoms with Gasteiger partial charge in [0, 0.05) is 19.8 Å². The number of amides is 2. The smallest absolute Gasteiger partial charge is 0.230 e. The van der Waals surface area contributed by atoms with Gasteiger partial charge in [0.05, 0.1) is 6.54 Å². The van der Waals surface area contributed by atoms with Crippen LogP contribution in [0, 0.1) is 0 Å². The Morgan fingerprint density at radius 1 is 1.23 bits per heavy atom. The van der Waals surface area contributed by atoms with Gasteiger partial charge in [-0.1, -0.05) is 0 Å². The molecule has 5 heteroatoms. The predicted octanol–water partition coefficient (Wildman–Crippen LogP) is -0.707. The Bertz CT molecular complexity index is 279. The van der Waals surface area contributed by atoms with E-state index in [-0.39, 0.29) is 24.7 Å². The fourth-order valence-corrected chi connectivity index (χ4v) is 1.05. The number of hydrogen-bond acceptors (Lipinski definition) is 4. The van der Waals surface area contributed by atoms with Gasteiger partial charge in [-0.2, -0.15) is 0 Å². The highest BCUT2D eigenvalue weighted by molar-refractivity contribution is 6.37. The summed E-state index contributed by atoms with van der Waals surface area (Å²) in [6.45, 7) is 0.723. The minimum Gasteiger partial charge on any atom is -0.291 e. The Labute approximate surface area is 74.7 Å². The first-order chi connectivity index (χ1) is 6.02. The van der Waals surface area contributed by atoms with Crippen molar-refractivity contribution in [3.8, 4) is 0 Å². The summed E-state index contributed by atoms with van der Waals surface area (Å²) in [5.41, 5.74) is 0. The Balaban J connectivity index is 2.63. The van der Waals surface area contributed by atoms with Crippen molar-refractivity contribution in [1.82, 2.24) is 4.90 Å². The van der Waals surface area contributed by atoms with Crippen molar-refractivity contribution in [2.24, 2.45) is 0 Å². The molecule has 1 saturated heterocycles. The van der Waals surface area contributed by atoms with Crippen molar-refractivity contribution in [1.29, 1.82) is 0 Å². The van der Waals surface area contributed by atoms with E-state index in [4.69, 9.17) is 0 Å². The molecule has 0 aromatic carbocycles. The Morgan fingerprint density at radius 3 is 2.08 bits per heavy atom. The van der Waals surface area contributed by atoms with Gasteiger partial charge in [0.1, 0.15) is 0 Å². The van der Waals surface area contributed by atoms with Gasteiger partial charge >= 0.3 is 0 Å². The lowest BCUT2D eigenvalue weighted by molar-refractivity contribution is -0.144. The lowest BCUT2D eigenvalue weighted by Crippen LogP contribution is -2.36. The van der Waals surface area contributed by atoms with Crippen molar-refractivity contribution in [2.45, 2.75) is 19.8 Å². The van der Waals surface area contributed by atoms with Crippen LogP contribution in [0.2, 0.25) is 0 Å². The van der Waals surface area contributed by atoms with E-state index in [1.165, 1.54) is 0 Å². The molecule has 70 valence electrons. The second-order valence-corrected chi connectivity index (χ2v) is 2.85. The predicted molar refractivity (Wildman–Crippen MR) is 41.6 cm³/mol. The average Bonchev–Trinajstić information content (AvgIpc) is 2.35. The van der Waals surface area contributed by atoms with E-state index in [1.54, 1.807) is 0 Å². The lowest BCUT2D eigenvalue weighted by atomic mass is 10.3. The third kappa shape index (κ3) is 1.99. The van der Waals surface area contributed by atoms with Gasteiger partial charge in [0.15, 0.2) is 5.78 Å². The normalized spacial score (nSPS) is 16.5. The molecule has 0 bridgehead atoms. The van der Waals surface area contributed by atoms with Gasteiger partial charge in [-0.25, -0.2) is 0 Å². The van der Waals surface area contributed by atoms with Crippen LogP contribution in [0.5, 0.6) is 0 Å². The first kappa shape index (κ1) is 9.57. The zero-order valence-corrected chi connectivity index (χ0v) is 7.20. The monoisotopic (exact) mass is 183 g/mol. The van der Waals surface area contributed by atoms with E-state index < -0.39 is 18.1 Å². The highest BCUT2D eigenvalue weighted by atomic mass is 16.2. The van der Waals surface area contributed by atoms with Gasteiger partial charge in [-0.05, 0) is 0 Å². The largest absolute Gasteiger partial charge is 0.291 e. The summed E-state index contributed by atoms with van der Waals surface area (Å²) in [5, 5.41) is 0. The number of hydrogen-bond donors (Lipinski definition) is 0. The molecule has 0 aliphatic carbocycles. The van der Waals surface area contributed by atoms with E-state index in [1.807, 2.05) is 0 Å². The van der Waals surface area contributed by atoms with Gasteiger partial charge in [-0.3, -0.25) is 24.1 Å². The molecule has 1 rings (SSSR count). The molecule has 0 N–H and O–H groups in total. The van der Waals surface area contributed by atoms with Crippen LogP contribution in [0.15, 0.2) is 0 Å². The zero-order chi connectivity index (χ0) is 10.0. The van der Waals surface area contributed by atoms with Crippen molar-refractivity contribution < 1.29 is 19.2 Å². The summed E-state index contributed by atoms with van der Waals surface area (Å²) < 4.78 is 0. The summed E-state index contributed by atoms with van der Waals surface area (Å²) in [4.78, 5) is 44.2. The molecule has 1 fully saturated rings. The first-order valence-corrected chi connectivity index (χ1v) is 3.89. The number of ketones is 2. The quantitative estimate of drug-likeness (QED) is 0.428. The third-order valence-electron chi connectivity index (χ3n) is 1.85. The molecule has 2 amide bonds. The molecule has 0 unspecified atom stereocenters. The maximum absolute atomic E-state index is 11.0. The number of imide groups is 1. The standard InChI is InChI=1S/C8H9NO4/c1-5(10)6(11)4-9-7(12)2-3-8(9)13/h2-4H2,1H3. The molecule has 0 aromatic heterocycles. The number of carbonyl (C=O) groups excluding carboxylic acids is 4. The molecule has 1 heterocycles. The van der Waals surface area contributed by atoms with Crippen LogP contribution >= 0.6 is 0 Å². The summed E-state index contributed by atoms with van der Waals surface area (Å²) >= 11 is 0. The summed E-state index contributed by atoms with van der Waals surface area (Å²) in [5.74, 6) is -2.09. The zero-order valence-electron chi connectivity index (χ0n) is 7.20. The van der Waals surface area contributed by atoms with Gasteiger partial charge in [0.2, 0.25) is 17.6 Å². The van der Waals surface area contributed by atoms with Crippen LogP contribution in [-0.4, -0.2) is 34.8 Å². The summed E-state index contributed by atoms with van der Waals surface area (Å²) in [6, 6.07) is 0. The van der Waals surface area contributed by atoms with Crippen LogP contribution < -0.4 is 0 Å². The molecular weight excluding hydrogens is 174 g/mol. The van der Waals surface area contributed by atoms with Gasteiger partial charge < -0.3 is 0 Å². The second kappa shape index (κ2) is 3.47. The van der Waals surface area contributed by atoms with Crippen LogP contribution in [0.25, 0.3) is 0 Å². The van der Waals surface area contributed by atoms with Crippen molar-refractivity contribution in [3.63, 3.8) is 0 Å². The average molecular weight is 183 g/mol. The minimum absolute atomic E-state index is 0.143. The van der Waals surface area contributed by atoms with Crippen molar-refractivity contribution in [3.05, 3.63) is 0 Å². The maximum Gasteiger partial charge on any atom is 0.230 e. The van der Waals surface area contributed by atoms with E-state index in [9.17, 15) is 19.2 Å². The molecule has 1 aliphatic rings. The van der Waals surface area contributed by atoms with Gasteiger partial charge in [0.25, 0.3) is 0 Å². The number of nitrogens with zero attached hydrogens (tertiary/aromatic N) is 1. The maximum atomic E-state index is 11.0. The van der Waals surface area contributed by atoms with Crippen LogP contribution in [-0.2, 0) is 19.2 Å². The van der Waals surface area contributed by atoms with E-state index in [2.05, 4.69) is 0 Å². The first-order valence-electron chi connectivity index (χ1n) is 3.89. The van der Waals surface area contributed by atoms with E-state index in [0.29, 0.717) is 0 Å². The Morgan fingerprint density at radius 2 is 1.69 bits per heavy atom. The highest BCUT2D eigenvalue weighted by Crippen LogP contribution is 2.10. The lowest BCUT2D eigenvalue weighted by Gasteiger charge is -2.10. The SMILES string of the molecule is CC(=O)C(=O)CN1C(=O)CCC1=O. The molecule has 0 saturated carbocycles. The molecule has 5 nitrogen and oxygen atoms in total. The Kier molecular flexibility index (Phi) is 2.55. The van der Waals surface area contributed by atoms with Crippen LogP contribution in [0.4, 0.5) is 0 Å². The molecular formula is C8H9NO4. The minimum atomic E-state index is -0.705. The third-order valence-corrected chi connectivity index (χ3v) is 1.85. The Hall–Kier alpha value is -1.52. The number of rotatable bonds is 3. The molecule has 0 radical (unpaired) electrons. The van der Waals surface area contributed by atoms with Crippen LogP contribution in [0.1, 0.15) is 19.8 Å². The highest BCUT2D eigenvalue weighted by Gasteiger charge is 2.31. The molecule has 13 heavy (non-hydrogen) atoms. The molecule has 1 aliphatic heterocycles. The van der Waals surface area contributed by atoms with Crippen molar-refractivity contribution in [2.75, 3.05) is 6.54 Å². The second-order valence-electron chi connectivity index (χ2n) is 2.85. The summed E-state index contributed by atoms with van der Waals surface area (Å²) in [7, 11) is 0. The molecule has 0 aromatic rings. The van der Waals surface area contributed by atoms with Gasteiger partial charge in [-0.15, -0.1) is 0 Å². The fraction of sp³-hybridized carbons (Fsp3) is 0.500. The van der Waals surface area contributed by atoms with E-state index in [0.717, 1.165) is 11.8 Å².